The molecule has 3 rings (SSSR count). The van der Waals surface area contributed by atoms with Crippen LogP contribution in [0.4, 0.5) is 10.5 Å². The summed E-state index contributed by atoms with van der Waals surface area (Å²) in [5, 5.41) is 6.52. The summed E-state index contributed by atoms with van der Waals surface area (Å²) in [4.78, 5) is 12.3. The molecule has 0 saturated carbocycles. The number of anilines is 1. The number of halogens is 1. The highest BCUT2D eigenvalue weighted by molar-refractivity contribution is 9.10. The average molecular weight is 389 g/mol. The first-order valence-corrected chi connectivity index (χ1v) is 8.87. The van der Waals surface area contributed by atoms with Crippen LogP contribution in [0.3, 0.4) is 0 Å². The lowest BCUT2D eigenvalue weighted by atomic mass is 9.84. The highest BCUT2D eigenvalue weighted by Crippen LogP contribution is 2.38. The molecule has 126 valence electrons. The largest absolute Gasteiger partial charge is 0.445 e. The van der Waals surface area contributed by atoms with Crippen LogP contribution in [0.15, 0.2) is 53.0 Å². The summed E-state index contributed by atoms with van der Waals surface area (Å²) in [6, 6.07) is 15.9. The highest BCUT2D eigenvalue weighted by Gasteiger charge is 2.32. The molecule has 1 heterocycles. The van der Waals surface area contributed by atoms with E-state index in [-0.39, 0.29) is 24.6 Å². The number of hydrogen-bond acceptors (Lipinski definition) is 3. The first kappa shape index (κ1) is 16.8. The third-order valence-electron chi connectivity index (χ3n) is 4.53. The SMILES string of the molecule is CC1Nc2ccc(Br)cc2C(NC(=O)OCc2ccccc2)C1C. The molecule has 2 N–H and O–H groups in total. The van der Waals surface area contributed by atoms with E-state index in [4.69, 9.17) is 4.74 Å². The summed E-state index contributed by atoms with van der Waals surface area (Å²) >= 11 is 3.51. The van der Waals surface area contributed by atoms with Crippen LogP contribution >= 0.6 is 15.9 Å². The van der Waals surface area contributed by atoms with E-state index in [1.807, 2.05) is 48.5 Å². The number of ether oxygens (including phenoxy) is 1. The van der Waals surface area contributed by atoms with Gasteiger partial charge in [0.1, 0.15) is 6.61 Å². The molecule has 1 amide bonds. The quantitative estimate of drug-likeness (QED) is 0.788. The molecule has 0 saturated heterocycles. The minimum Gasteiger partial charge on any atom is -0.445 e. The molecule has 1 aliphatic rings. The van der Waals surface area contributed by atoms with Gasteiger partial charge in [-0.15, -0.1) is 0 Å². The van der Waals surface area contributed by atoms with Gasteiger partial charge >= 0.3 is 6.09 Å². The molecule has 0 radical (unpaired) electrons. The first-order valence-electron chi connectivity index (χ1n) is 8.08. The van der Waals surface area contributed by atoms with Crippen molar-refractivity contribution >= 4 is 27.7 Å². The normalized spacial score (nSPS) is 22.2. The minimum atomic E-state index is -0.393. The summed E-state index contributed by atoms with van der Waals surface area (Å²) in [5.41, 5.74) is 3.10. The van der Waals surface area contributed by atoms with E-state index in [1.165, 1.54) is 0 Å². The van der Waals surface area contributed by atoms with Gasteiger partial charge in [0.2, 0.25) is 0 Å². The fraction of sp³-hybridized carbons (Fsp3) is 0.316. The maximum atomic E-state index is 12.3. The summed E-state index contributed by atoms with van der Waals surface area (Å²) < 4.78 is 6.37. The number of carbonyl (C=O) groups excluding carboxylic acids is 1. The minimum absolute atomic E-state index is 0.0861. The Morgan fingerprint density at radius 3 is 2.71 bits per heavy atom. The molecule has 2 aromatic rings. The smallest absolute Gasteiger partial charge is 0.407 e. The summed E-state index contributed by atoms with van der Waals surface area (Å²) in [5.74, 6) is 0.246. The van der Waals surface area contributed by atoms with Gasteiger partial charge < -0.3 is 15.4 Å². The van der Waals surface area contributed by atoms with Crippen molar-refractivity contribution in [3.05, 3.63) is 64.1 Å². The Morgan fingerprint density at radius 2 is 1.96 bits per heavy atom. The second kappa shape index (κ2) is 7.26. The van der Waals surface area contributed by atoms with Crippen LogP contribution in [0.25, 0.3) is 0 Å². The molecule has 2 aromatic carbocycles. The van der Waals surface area contributed by atoms with E-state index in [9.17, 15) is 4.79 Å². The van der Waals surface area contributed by atoms with Crippen LogP contribution in [0.1, 0.15) is 31.0 Å². The van der Waals surface area contributed by atoms with E-state index in [2.05, 4.69) is 40.4 Å². The second-order valence-electron chi connectivity index (χ2n) is 6.21. The second-order valence-corrected chi connectivity index (χ2v) is 7.12. The molecule has 0 aliphatic carbocycles. The third kappa shape index (κ3) is 3.73. The van der Waals surface area contributed by atoms with Crippen LogP contribution in [-0.2, 0) is 11.3 Å². The van der Waals surface area contributed by atoms with Crippen molar-refractivity contribution < 1.29 is 9.53 Å². The van der Waals surface area contributed by atoms with Gasteiger partial charge in [-0.05, 0) is 36.2 Å². The highest BCUT2D eigenvalue weighted by atomic mass is 79.9. The van der Waals surface area contributed by atoms with Gasteiger partial charge in [-0.25, -0.2) is 4.79 Å². The van der Waals surface area contributed by atoms with Crippen molar-refractivity contribution in [2.24, 2.45) is 5.92 Å². The lowest BCUT2D eigenvalue weighted by molar-refractivity contribution is 0.131. The van der Waals surface area contributed by atoms with Crippen LogP contribution < -0.4 is 10.6 Å². The van der Waals surface area contributed by atoms with Crippen LogP contribution in [0.2, 0.25) is 0 Å². The maximum absolute atomic E-state index is 12.3. The molecule has 0 fully saturated rings. The summed E-state index contributed by atoms with van der Waals surface area (Å²) in [6.07, 6.45) is -0.393. The molecule has 0 aromatic heterocycles. The van der Waals surface area contributed by atoms with Crippen molar-refractivity contribution in [2.45, 2.75) is 32.5 Å². The monoisotopic (exact) mass is 388 g/mol. The zero-order valence-corrected chi connectivity index (χ0v) is 15.3. The number of benzene rings is 2. The lowest BCUT2D eigenvalue weighted by Gasteiger charge is -2.37. The predicted octanol–water partition coefficient (Wildman–Crippen LogP) is 4.87. The van der Waals surface area contributed by atoms with Gasteiger partial charge in [-0.1, -0.05) is 53.2 Å². The Labute approximate surface area is 150 Å². The first-order chi connectivity index (χ1) is 11.5. The van der Waals surface area contributed by atoms with Gasteiger partial charge in [0, 0.05) is 22.1 Å². The predicted molar refractivity (Wildman–Crippen MR) is 98.9 cm³/mol. The molecule has 1 aliphatic heterocycles. The number of amides is 1. The lowest BCUT2D eigenvalue weighted by Crippen LogP contribution is -2.42. The van der Waals surface area contributed by atoms with Gasteiger partial charge in [0.15, 0.2) is 0 Å². The molecule has 3 unspecified atom stereocenters. The average Bonchev–Trinajstić information content (AvgIpc) is 2.59. The van der Waals surface area contributed by atoms with Gasteiger partial charge in [0.25, 0.3) is 0 Å². The standard InChI is InChI=1S/C19H21BrN2O2/c1-12-13(2)21-17-9-8-15(20)10-16(17)18(12)22-19(23)24-11-14-6-4-3-5-7-14/h3-10,12-13,18,21H,11H2,1-2H3,(H,22,23). The number of rotatable bonds is 3. The molecule has 0 bridgehead atoms. The van der Waals surface area contributed by atoms with E-state index >= 15 is 0 Å². The molecular formula is C19H21BrN2O2. The van der Waals surface area contributed by atoms with Crippen LogP contribution in [0.5, 0.6) is 0 Å². The van der Waals surface area contributed by atoms with Crippen LogP contribution in [0, 0.1) is 5.92 Å². The van der Waals surface area contributed by atoms with Crippen LogP contribution in [-0.4, -0.2) is 12.1 Å². The summed E-state index contributed by atoms with van der Waals surface area (Å²) in [7, 11) is 0. The zero-order chi connectivity index (χ0) is 17.1. The van der Waals surface area contributed by atoms with E-state index < -0.39 is 6.09 Å². The Bertz CT molecular complexity index is 721. The van der Waals surface area contributed by atoms with Crippen molar-refractivity contribution in [3.8, 4) is 0 Å². The molecule has 3 atom stereocenters. The topological polar surface area (TPSA) is 50.4 Å². The van der Waals surface area contributed by atoms with Crippen molar-refractivity contribution in [1.82, 2.24) is 5.32 Å². The third-order valence-corrected chi connectivity index (χ3v) is 5.03. The maximum Gasteiger partial charge on any atom is 0.407 e. The van der Waals surface area contributed by atoms with Crippen molar-refractivity contribution in [2.75, 3.05) is 5.32 Å². The number of fused-ring (bicyclic) bond motifs is 1. The fourth-order valence-electron chi connectivity index (χ4n) is 2.97. The number of carbonyl (C=O) groups is 1. The zero-order valence-electron chi connectivity index (χ0n) is 13.8. The Kier molecular flexibility index (Phi) is 5.09. The molecular weight excluding hydrogens is 368 g/mol. The van der Waals surface area contributed by atoms with Crippen molar-refractivity contribution in [3.63, 3.8) is 0 Å². The Balaban J connectivity index is 1.71. The number of nitrogens with one attached hydrogen (secondary N) is 2. The van der Waals surface area contributed by atoms with Crippen molar-refractivity contribution in [1.29, 1.82) is 0 Å². The van der Waals surface area contributed by atoms with Gasteiger partial charge in [-0.2, -0.15) is 0 Å². The van der Waals surface area contributed by atoms with Gasteiger partial charge in [0.05, 0.1) is 6.04 Å². The number of alkyl carbamates (subject to hydrolysis) is 1. The molecule has 4 nitrogen and oxygen atoms in total. The van der Waals surface area contributed by atoms with E-state index in [1.54, 1.807) is 0 Å². The molecule has 0 spiro atoms. The molecule has 5 heteroatoms. The number of hydrogen-bond donors (Lipinski definition) is 2. The molecule has 24 heavy (non-hydrogen) atoms. The Hall–Kier alpha value is -2.01. The Morgan fingerprint density at radius 1 is 1.21 bits per heavy atom. The van der Waals surface area contributed by atoms with E-state index in [0.717, 1.165) is 21.3 Å². The fourth-order valence-corrected chi connectivity index (χ4v) is 3.35. The summed E-state index contributed by atoms with van der Waals surface area (Å²) in [6.45, 7) is 4.52. The van der Waals surface area contributed by atoms with Gasteiger partial charge in [-0.3, -0.25) is 0 Å². The van der Waals surface area contributed by atoms with E-state index in [0.29, 0.717) is 0 Å².